The van der Waals surface area contributed by atoms with Gasteiger partial charge in [-0.3, -0.25) is 0 Å². The van der Waals surface area contributed by atoms with E-state index in [-0.39, 0.29) is 5.04 Å². The molecule has 0 heterocycles. The molecule has 0 aliphatic carbocycles. The molecule has 3 heteroatoms. The van der Waals surface area contributed by atoms with Crippen LogP contribution in [0.5, 0.6) is 0 Å². The van der Waals surface area contributed by atoms with E-state index in [4.69, 9.17) is 8.85 Å². The second-order valence-electron chi connectivity index (χ2n) is 5.60. The lowest BCUT2D eigenvalue weighted by Crippen LogP contribution is -2.53. The first-order chi connectivity index (χ1) is 7.88. The molecule has 0 N–H and O–H groups in total. The second-order valence-corrected chi connectivity index (χ2v) is 9.47. The fourth-order valence-corrected chi connectivity index (χ4v) is 6.59. The fraction of sp³-hybridized carbons (Fsp3) is 1.00. The summed E-state index contributed by atoms with van der Waals surface area (Å²) in [5, 5.41) is 0.161. The van der Waals surface area contributed by atoms with Crippen molar-refractivity contribution in [3.8, 4) is 0 Å². The van der Waals surface area contributed by atoms with Crippen molar-refractivity contribution in [1.82, 2.24) is 0 Å². The van der Waals surface area contributed by atoms with Gasteiger partial charge >= 0.3 is 8.56 Å². The first kappa shape index (κ1) is 17.1. The van der Waals surface area contributed by atoms with Crippen molar-refractivity contribution in [3.05, 3.63) is 0 Å². The Kier molecular flexibility index (Phi) is 7.61. The Morgan fingerprint density at radius 3 is 1.76 bits per heavy atom. The molecule has 2 nitrogen and oxygen atoms in total. The Morgan fingerprint density at radius 1 is 1.00 bits per heavy atom. The number of unbranched alkanes of at least 4 members (excludes halogenated alkanes) is 1. The molecule has 0 radical (unpaired) electrons. The lowest BCUT2D eigenvalue weighted by Gasteiger charge is -2.45. The molecule has 0 amide bonds. The van der Waals surface area contributed by atoms with Crippen LogP contribution in [0.4, 0.5) is 0 Å². The van der Waals surface area contributed by atoms with Gasteiger partial charge in [-0.25, -0.2) is 0 Å². The van der Waals surface area contributed by atoms with Crippen LogP contribution < -0.4 is 0 Å². The maximum absolute atomic E-state index is 6.21. The first-order valence-electron chi connectivity index (χ1n) is 7.15. The van der Waals surface area contributed by atoms with Gasteiger partial charge in [0.25, 0.3) is 0 Å². The van der Waals surface area contributed by atoms with Gasteiger partial charge in [0, 0.05) is 18.3 Å². The summed E-state index contributed by atoms with van der Waals surface area (Å²) in [4.78, 5) is 0. The van der Waals surface area contributed by atoms with Crippen LogP contribution in [-0.2, 0) is 8.85 Å². The highest BCUT2D eigenvalue weighted by Gasteiger charge is 2.52. The van der Waals surface area contributed by atoms with Gasteiger partial charge in [-0.2, -0.15) is 0 Å². The highest BCUT2D eigenvalue weighted by molar-refractivity contribution is 6.70. The van der Waals surface area contributed by atoms with E-state index in [0.29, 0.717) is 5.92 Å². The zero-order chi connectivity index (χ0) is 13.5. The van der Waals surface area contributed by atoms with Crippen LogP contribution in [-0.4, -0.2) is 21.8 Å². The van der Waals surface area contributed by atoms with Gasteiger partial charge in [0.2, 0.25) is 0 Å². The van der Waals surface area contributed by atoms with Crippen molar-refractivity contribution in [2.45, 2.75) is 72.4 Å². The summed E-state index contributed by atoms with van der Waals surface area (Å²) >= 11 is 0. The standard InChI is InChI=1S/C14H32O2Si/c1-8-11-12-17(15-9-2,16-10-3)14(6,7)13(4)5/h13H,8-12H2,1-7H3. The van der Waals surface area contributed by atoms with E-state index in [1.807, 2.05) is 0 Å². The van der Waals surface area contributed by atoms with Gasteiger partial charge in [0.1, 0.15) is 0 Å². The molecule has 0 saturated heterocycles. The quantitative estimate of drug-likeness (QED) is 0.558. The topological polar surface area (TPSA) is 18.5 Å². The Balaban J connectivity index is 5.12. The zero-order valence-electron chi connectivity index (χ0n) is 12.9. The van der Waals surface area contributed by atoms with Crippen molar-refractivity contribution in [1.29, 1.82) is 0 Å². The summed E-state index contributed by atoms with van der Waals surface area (Å²) in [5.74, 6) is 0.587. The van der Waals surface area contributed by atoms with Crippen LogP contribution in [0.15, 0.2) is 0 Å². The molecule has 0 saturated carbocycles. The minimum atomic E-state index is -2.11. The third kappa shape index (κ3) is 4.07. The van der Waals surface area contributed by atoms with Crippen molar-refractivity contribution in [3.63, 3.8) is 0 Å². The van der Waals surface area contributed by atoms with Crippen LogP contribution >= 0.6 is 0 Å². The summed E-state index contributed by atoms with van der Waals surface area (Å²) in [6.07, 6.45) is 2.42. The molecular weight excluding hydrogens is 228 g/mol. The molecule has 17 heavy (non-hydrogen) atoms. The number of rotatable bonds is 9. The fourth-order valence-electron chi connectivity index (χ4n) is 2.20. The summed E-state index contributed by atoms with van der Waals surface area (Å²) in [5.41, 5.74) is 0. The zero-order valence-corrected chi connectivity index (χ0v) is 13.9. The van der Waals surface area contributed by atoms with E-state index in [0.717, 1.165) is 19.3 Å². The Labute approximate surface area is 109 Å². The molecule has 0 rings (SSSR count). The molecule has 0 fully saturated rings. The lowest BCUT2D eigenvalue weighted by molar-refractivity contribution is 0.144. The summed E-state index contributed by atoms with van der Waals surface area (Å²) in [6.45, 7) is 17.2. The van der Waals surface area contributed by atoms with Gasteiger partial charge in [-0.1, -0.05) is 47.5 Å². The van der Waals surface area contributed by atoms with Crippen molar-refractivity contribution < 1.29 is 8.85 Å². The highest BCUT2D eigenvalue weighted by Crippen LogP contribution is 2.47. The van der Waals surface area contributed by atoms with E-state index in [1.165, 1.54) is 12.8 Å². The molecule has 0 atom stereocenters. The number of hydrogen-bond donors (Lipinski definition) is 0. The van der Waals surface area contributed by atoms with E-state index < -0.39 is 8.56 Å². The monoisotopic (exact) mass is 260 g/mol. The SMILES string of the molecule is CCCC[Si](OCC)(OCC)C(C)(C)C(C)C. The lowest BCUT2D eigenvalue weighted by atomic mass is 9.99. The van der Waals surface area contributed by atoms with Crippen molar-refractivity contribution >= 4 is 8.56 Å². The van der Waals surface area contributed by atoms with Crippen LogP contribution in [0.25, 0.3) is 0 Å². The maximum Gasteiger partial charge on any atom is 0.344 e. The third-order valence-corrected chi connectivity index (χ3v) is 9.10. The maximum atomic E-state index is 6.21. The van der Waals surface area contributed by atoms with E-state index in [2.05, 4.69) is 48.5 Å². The van der Waals surface area contributed by atoms with Crippen LogP contribution in [0.1, 0.15) is 61.3 Å². The minimum Gasteiger partial charge on any atom is -0.394 e. The van der Waals surface area contributed by atoms with Crippen LogP contribution in [0.2, 0.25) is 11.1 Å². The predicted molar refractivity (Wildman–Crippen MR) is 77.6 cm³/mol. The summed E-state index contributed by atoms with van der Waals surface area (Å²) in [6, 6.07) is 1.12. The molecule has 0 aromatic heterocycles. The Hall–Kier alpha value is 0.137. The van der Waals surface area contributed by atoms with Crippen molar-refractivity contribution in [2.24, 2.45) is 5.92 Å². The third-order valence-electron chi connectivity index (χ3n) is 4.04. The summed E-state index contributed by atoms with van der Waals surface area (Å²) < 4.78 is 12.4. The molecule has 0 aromatic rings. The first-order valence-corrected chi connectivity index (χ1v) is 9.18. The second kappa shape index (κ2) is 7.55. The van der Waals surface area contributed by atoms with Gasteiger partial charge in [0.15, 0.2) is 0 Å². The normalized spacial score (nSPS) is 13.4. The number of hydrogen-bond acceptors (Lipinski definition) is 2. The average Bonchev–Trinajstić information content (AvgIpc) is 2.26. The van der Waals surface area contributed by atoms with Gasteiger partial charge in [0.05, 0.1) is 0 Å². The molecule has 0 bridgehead atoms. The molecule has 0 aromatic carbocycles. The molecule has 0 unspecified atom stereocenters. The largest absolute Gasteiger partial charge is 0.394 e. The molecule has 0 aliphatic heterocycles. The Morgan fingerprint density at radius 2 is 1.47 bits per heavy atom. The summed E-state index contributed by atoms with van der Waals surface area (Å²) in [7, 11) is -2.11. The minimum absolute atomic E-state index is 0.161. The van der Waals surface area contributed by atoms with Gasteiger partial charge < -0.3 is 8.85 Å². The van der Waals surface area contributed by atoms with Crippen molar-refractivity contribution in [2.75, 3.05) is 13.2 Å². The predicted octanol–water partition coefficient (Wildman–Crippen LogP) is 4.74. The van der Waals surface area contributed by atoms with E-state index in [1.54, 1.807) is 0 Å². The highest BCUT2D eigenvalue weighted by atomic mass is 28.4. The van der Waals surface area contributed by atoms with Gasteiger partial charge in [-0.15, -0.1) is 0 Å². The van der Waals surface area contributed by atoms with Gasteiger partial charge in [-0.05, 0) is 25.8 Å². The molecule has 104 valence electrons. The van der Waals surface area contributed by atoms with Crippen LogP contribution in [0.3, 0.4) is 0 Å². The van der Waals surface area contributed by atoms with E-state index >= 15 is 0 Å². The van der Waals surface area contributed by atoms with E-state index in [9.17, 15) is 0 Å². The average molecular weight is 260 g/mol. The molecular formula is C14H32O2Si. The molecule has 0 spiro atoms. The smallest absolute Gasteiger partial charge is 0.344 e. The Bertz CT molecular complexity index is 196. The molecule has 0 aliphatic rings. The van der Waals surface area contributed by atoms with Crippen LogP contribution in [0, 0.1) is 5.92 Å².